The number of aromatic amines is 1. The summed E-state index contributed by atoms with van der Waals surface area (Å²) in [5.74, 6) is 0. The molecule has 0 atom stereocenters. The van der Waals surface area contributed by atoms with E-state index in [0.29, 0.717) is 5.46 Å². The molecule has 2 aliphatic rings. The molecule has 0 unspecified atom stereocenters. The maximum Gasteiger partial charge on any atom is 0.488 e. The van der Waals surface area contributed by atoms with Crippen LogP contribution in [0.25, 0.3) is 89.2 Å². The maximum absolute atomic E-state index is 9.89. The Labute approximate surface area is 318 Å². The predicted molar refractivity (Wildman–Crippen MR) is 228 cm³/mol. The molecule has 54 heavy (non-hydrogen) atoms. The van der Waals surface area contributed by atoms with Crippen molar-refractivity contribution in [2.75, 3.05) is 0 Å². The van der Waals surface area contributed by atoms with Crippen molar-refractivity contribution in [3.05, 3.63) is 161 Å². The van der Waals surface area contributed by atoms with Gasteiger partial charge in [-0.25, -0.2) is 9.97 Å². The van der Waals surface area contributed by atoms with Crippen LogP contribution in [-0.2, 0) is 0 Å². The quantitative estimate of drug-likeness (QED) is 0.155. The van der Waals surface area contributed by atoms with Gasteiger partial charge in [-0.2, -0.15) is 0 Å². The van der Waals surface area contributed by atoms with Crippen molar-refractivity contribution >= 4 is 68.7 Å². The second kappa shape index (κ2) is 13.7. The minimum atomic E-state index is -1.55. The topological polar surface area (TPSA) is 82.0 Å². The van der Waals surface area contributed by atoms with Crippen LogP contribution in [0.5, 0.6) is 0 Å². The zero-order valence-corrected chi connectivity index (χ0v) is 30.9. The van der Waals surface area contributed by atoms with Gasteiger partial charge in [0, 0.05) is 42.7 Å². The molecule has 0 amide bonds. The van der Waals surface area contributed by atoms with Gasteiger partial charge in [0.2, 0.25) is 0 Å². The van der Waals surface area contributed by atoms with E-state index >= 15 is 0 Å². The largest absolute Gasteiger partial charge is 0.488 e. The lowest BCUT2D eigenvalue weighted by molar-refractivity contribution is 0.426. The lowest BCUT2D eigenvalue weighted by Crippen LogP contribution is -2.29. The first-order valence-electron chi connectivity index (χ1n) is 18.0. The number of aromatic nitrogens is 3. The van der Waals surface area contributed by atoms with Gasteiger partial charge in [0.25, 0.3) is 0 Å². The molecule has 5 nitrogen and oxygen atoms in total. The molecule has 9 rings (SSSR count). The summed E-state index contributed by atoms with van der Waals surface area (Å²) in [4.78, 5) is 14.6. The van der Waals surface area contributed by atoms with Gasteiger partial charge in [0.1, 0.15) is 0 Å². The maximum atomic E-state index is 9.89. The van der Waals surface area contributed by atoms with Crippen LogP contribution in [0, 0.1) is 20.8 Å². The molecule has 0 aliphatic carbocycles. The molecule has 7 heteroatoms. The highest BCUT2D eigenvalue weighted by atomic mass is 32.1. The molecule has 3 N–H and O–H groups in total. The summed E-state index contributed by atoms with van der Waals surface area (Å²) in [6.07, 6.45) is 8.46. The number of aryl methyl sites for hydroxylation is 3. The van der Waals surface area contributed by atoms with Gasteiger partial charge in [-0.1, -0.05) is 114 Å². The Morgan fingerprint density at radius 1 is 0.426 bits per heavy atom. The number of hydrogen-bond donors (Lipinski definition) is 3. The summed E-state index contributed by atoms with van der Waals surface area (Å²) in [5.41, 5.74) is 17.6. The summed E-state index contributed by atoms with van der Waals surface area (Å²) < 4.78 is 2.13. The van der Waals surface area contributed by atoms with E-state index in [1.165, 1.54) is 16.7 Å². The molecular weight excluding hydrogens is 681 g/mol. The van der Waals surface area contributed by atoms with E-state index in [-0.39, 0.29) is 0 Å². The van der Waals surface area contributed by atoms with Crippen molar-refractivity contribution in [2.45, 2.75) is 20.8 Å². The second-order valence-electron chi connectivity index (χ2n) is 14.0. The number of nitrogens with one attached hydrogen (secondary N) is 1. The average molecular weight is 718 g/mol. The number of fused-ring (bicyclic) bond motifs is 8. The third-order valence-corrected chi connectivity index (χ3v) is 11.3. The monoisotopic (exact) mass is 717 g/mol. The average Bonchev–Trinajstić information content (AvgIpc) is 4.02. The van der Waals surface area contributed by atoms with Crippen molar-refractivity contribution in [1.82, 2.24) is 15.0 Å². The zero-order chi connectivity index (χ0) is 36.9. The molecule has 8 bridgehead atoms. The van der Waals surface area contributed by atoms with E-state index in [9.17, 15) is 10.0 Å². The van der Waals surface area contributed by atoms with Crippen LogP contribution >= 0.6 is 11.3 Å². The third-order valence-electron chi connectivity index (χ3n) is 10.1. The number of H-pyrrole nitrogens is 1. The first kappa shape index (κ1) is 33.7. The van der Waals surface area contributed by atoms with Crippen LogP contribution < -0.4 is 5.46 Å². The Hall–Kier alpha value is -6.12. The van der Waals surface area contributed by atoms with Crippen LogP contribution in [0.1, 0.15) is 39.5 Å². The Morgan fingerprint density at radius 2 is 0.759 bits per heavy atom. The molecule has 0 fully saturated rings. The fraction of sp³-hybridized carbons (Fsp3) is 0.0638. The Bertz CT molecular complexity index is 2750. The normalized spacial score (nSPS) is 12.0. The first-order valence-corrected chi connectivity index (χ1v) is 18.9. The molecule has 4 aromatic carbocycles. The Kier molecular flexibility index (Phi) is 8.55. The van der Waals surface area contributed by atoms with Crippen molar-refractivity contribution < 1.29 is 10.0 Å². The molecule has 5 heterocycles. The molecule has 0 spiro atoms. The summed E-state index contributed by atoms with van der Waals surface area (Å²) >= 11 is 1.71. The highest BCUT2D eigenvalue weighted by molar-refractivity contribution is 7.24. The number of thiophene rings is 1. The molecule has 3 aromatic heterocycles. The van der Waals surface area contributed by atoms with Gasteiger partial charge in [0.05, 0.1) is 22.8 Å². The zero-order valence-electron chi connectivity index (χ0n) is 30.1. The van der Waals surface area contributed by atoms with E-state index in [0.717, 1.165) is 87.7 Å². The van der Waals surface area contributed by atoms with Crippen LogP contribution in [0.15, 0.2) is 121 Å². The summed E-state index contributed by atoms with van der Waals surface area (Å²) in [7, 11) is -1.55. The van der Waals surface area contributed by atoms with E-state index < -0.39 is 7.12 Å². The van der Waals surface area contributed by atoms with Crippen molar-refractivity contribution in [1.29, 1.82) is 0 Å². The van der Waals surface area contributed by atoms with Crippen LogP contribution in [0.4, 0.5) is 0 Å². The Balaban J connectivity index is 1.45. The highest BCUT2D eigenvalue weighted by Crippen LogP contribution is 2.41. The summed E-state index contributed by atoms with van der Waals surface area (Å²) in [5, 5.41) is 19.8. The van der Waals surface area contributed by atoms with Crippen LogP contribution in [0.2, 0.25) is 0 Å². The van der Waals surface area contributed by atoms with Crippen LogP contribution in [0.3, 0.4) is 0 Å². The number of benzene rings is 4. The van der Waals surface area contributed by atoms with Gasteiger partial charge in [-0.05, 0) is 97.1 Å². The van der Waals surface area contributed by atoms with E-state index in [2.05, 4.69) is 147 Å². The van der Waals surface area contributed by atoms with E-state index in [1.807, 2.05) is 12.1 Å². The van der Waals surface area contributed by atoms with Gasteiger partial charge in [0.15, 0.2) is 0 Å². The van der Waals surface area contributed by atoms with Gasteiger partial charge in [-0.15, -0.1) is 11.3 Å². The highest BCUT2D eigenvalue weighted by Gasteiger charge is 2.20. The molecule has 260 valence electrons. The fourth-order valence-electron chi connectivity index (χ4n) is 7.27. The molecule has 7 aromatic rings. The molecular formula is C47H36BN3O2S. The number of rotatable bonds is 5. The van der Waals surface area contributed by atoms with E-state index in [1.54, 1.807) is 23.5 Å². The number of hydrogen-bond acceptors (Lipinski definition) is 5. The Morgan fingerprint density at radius 3 is 1.13 bits per heavy atom. The SMILES string of the molecule is Cc1ccc(-c2c3nc(c(-c4ccc(C)cc4)c4ccc(s4)c(-c4ccc(B(O)O)cc4)c4nc(c(-c5ccc(C)cc5)c5ccc2[nH]5)C=C4)C=C3)cc1. The van der Waals surface area contributed by atoms with Gasteiger partial charge < -0.3 is 15.0 Å². The molecule has 0 saturated heterocycles. The lowest BCUT2D eigenvalue weighted by Gasteiger charge is -2.07. The summed E-state index contributed by atoms with van der Waals surface area (Å²) in [6.45, 7) is 6.31. The van der Waals surface area contributed by atoms with Gasteiger partial charge >= 0.3 is 7.12 Å². The van der Waals surface area contributed by atoms with Crippen LogP contribution in [-0.4, -0.2) is 32.1 Å². The smallest absolute Gasteiger partial charge is 0.423 e. The van der Waals surface area contributed by atoms with E-state index in [4.69, 9.17) is 9.97 Å². The standard InChI is InChI=1S/C47H36BN3O2S/c1-28-4-10-31(11-5-28)44-36-20-21-37(49-36)45(32-12-6-29(2)7-13-32)39-23-25-41(51-39)47(34-16-18-35(19-17-34)48(52)53)43-27-26-42(54-43)46(40-24-22-38(44)50-40)33-14-8-30(3)9-15-33/h4-27,49,52-53H,1-3H3. The predicted octanol–water partition coefficient (Wildman–Crippen LogP) is 10.7. The molecule has 0 saturated carbocycles. The molecule has 2 aliphatic heterocycles. The number of nitrogens with zero attached hydrogens (tertiary/aromatic N) is 2. The van der Waals surface area contributed by atoms with Crippen molar-refractivity contribution in [3.63, 3.8) is 0 Å². The molecule has 0 radical (unpaired) electrons. The lowest BCUT2D eigenvalue weighted by atomic mass is 9.80. The van der Waals surface area contributed by atoms with Gasteiger partial charge in [-0.3, -0.25) is 0 Å². The third kappa shape index (κ3) is 6.22. The fourth-order valence-corrected chi connectivity index (χ4v) is 8.43. The first-order chi connectivity index (χ1) is 26.3. The minimum Gasteiger partial charge on any atom is -0.423 e. The van der Waals surface area contributed by atoms with Crippen molar-refractivity contribution in [2.24, 2.45) is 0 Å². The minimum absolute atomic E-state index is 0.433. The summed E-state index contributed by atoms with van der Waals surface area (Å²) in [6, 6.07) is 41.9. The second-order valence-corrected chi connectivity index (χ2v) is 15.1. The van der Waals surface area contributed by atoms with Crippen molar-refractivity contribution in [3.8, 4) is 44.5 Å².